The smallest absolute Gasteiger partial charge is 0.409 e. The molecular weight excluding hydrogens is 326 g/mol. The number of rotatable bonds is 1. The fraction of sp³-hybridized carbons (Fsp3) is 0.471. The number of methoxy groups -OCH3 is 1. The zero-order valence-corrected chi connectivity index (χ0v) is 14.4. The minimum Gasteiger partial charge on any atom is -0.482 e. The zero-order chi connectivity index (χ0) is 18.0. The number of hydrogen-bond acceptors (Lipinski definition) is 5. The van der Waals surface area contributed by atoms with E-state index in [0.29, 0.717) is 49.6 Å². The molecule has 1 fully saturated rings. The van der Waals surface area contributed by atoms with Gasteiger partial charge >= 0.3 is 6.09 Å². The first-order valence-electron chi connectivity index (χ1n) is 8.17. The molecule has 1 aromatic rings. The van der Waals surface area contributed by atoms with E-state index in [1.165, 1.54) is 12.0 Å². The Bertz CT molecular complexity index is 706. The van der Waals surface area contributed by atoms with Crippen molar-refractivity contribution in [3.05, 3.63) is 23.8 Å². The molecule has 0 bridgehead atoms. The highest BCUT2D eigenvalue weighted by Gasteiger charge is 2.26. The number of likely N-dealkylation sites (N-methyl/N-ethyl adjacent to an activating group) is 1. The summed E-state index contributed by atoms with van der Waals surface area (Å²) in [6.45, 7) is 2.01. The van der Waals surface area contributed by atoms with E-state index in [4.69, 9.17) is 9.47 Å². The Hall–Kier alpha value is -2.77. The van der Waals surface area contributed by atoms with Crippen LogP contribution in [-0.4, -0.2) is 74.7 Å². The maximum absolute atomic E-state index is 12.8. The molecular formula is C17H21N3O5. The summed E-state index contributed by atoms with van der Waals surface area (Å²) in [7, 11) is 3.02. The highest BCUT2D eigenvalue weighted by Crippen LogP contribution is 2.32. The molecule has 0 atom stereocenters. The number of anilines is 1. The van der Waals surface area contributed by atoms with Crippen molar-refractivity contribution in [2.75, 3.05) is 51.8 Å². The van der Waals surface area contributed by atoms with Crippen LogP contribution in [0.15, 0.2) is 18.2 Å². The molecule has 2 heterocycles. The van der Waals surface area contributed by atoms with E-state index >= 15 is 0 Å². The van der Waals surface area contributed by atoms with Crippen LogP contribution in [0.3, 0.4) is 0 Å². The average Bonchev–Trinajstić information content (AvgIpc) is 2.89. The van der Waals surface area contributed by atoms with Crippen molar-refractivity contribution >= 4 is 23.6 Å². The lowest BCUT2D eigenvalue weighted by atomic mass is 10.1. The van der Waals surface area contributed by atoms with E-state index in [0.717, 1.165) is 0 Å². The maximum atomic E-state index is 12.8. The van der Waals surface area contributed by atoms with Crippen molar-refractivity contribution < 1.29 is 23.9 Å². The van der Waals surface area contributed by atoms with Gasteiger partial charge in [-0.25, -0.2) is 4.79 Å². The van der Waals surface area contributed by atoms with Crippen LogP contribution in [-0.2, 0) is 9.53 Å². The third-order valence-corrected chi connectivity index (χ3v) is 4.51. The van der Waals surface area contributed by atoms with Crippen LogP contribution in [0.2, 0.25) is 0 Å². The quantitative estimate of drug-likeness (QED) is 0.756. The van der Waals surface area contributed by atoms with Gasteiger partial charge in [-0.1, -0.05) is 0 Å². The number of ether oxygens (including phenoxy) is 2. The van der Waals surface area contributed by atoms with Gasteiger partial charge in [0.05, 0.1) is 12.8 Å². The van der Waals surface area contributed by atoms with Gasteiger partial charge in [0.15, 0.2) is 6.61 Å². The van der Waals surface area contributed by atoms with Gasteiger partial charge in [-0.05, 0) is 24.6 Å². The zero-order valence-electron chi connectivity index (χ0n) is 14.4. The largest absolute Gasteiger partial charge is 0.482 e. The van der Waals surface area contributed by atoms with Crippen LogP contribution in [0.25, 0.3) is 0 Å². The Labute approximate surface area is 145 Å². The molecule has 8 nitrogen and oxygen atoms in total. The van der Waals surface area contributed by atoms with Gasteiger partial charge in [-0.3, -0.25) is 9.59 Å². The molecule has 25 heavy (non-hydrogen) atoms. The monoisotopic (exact) mass is 347 g/mol. The Kier molecular flexibility index (Phi) is 4.78. The third kappa shape index (κ3) is 3.38. The summed E-state index contributed by atoms with van der Waals surface area (Å²) in [5, 5.41) is 0. The summed E-state index contributed by atoms with van der Waals surface area (Å²) in [4.78, 5) is 41.0. The first-order chi connectivity index (χ1) is 12.0. The molecule has 8 heteroatoms. The van der Waals surface area contributed by atoms with E-state index < -0.39 is 0 Å². The first-order valence-corrected chi connectivity index (χ1v) is 8.17. The number of hydrogen-bond donors (Lipinski definition) is 0. The second-order valence-electron chi connectivity index (χ2n) is 6.03. The molecule has 1 saturated heterocycles. The van der Waals surface area contributed by atoms with E-state index in [1.54, 1.807) is 35.0 Å². The molecule has 0 unspecified atom stereocenters. The molecule has 0 aromatic heterocycles. The molecule has 0 saturated carbocycles. The molecule has 3 rings (SSSR count). The van der Waals surface area contributed by atoms with E-state index in [1.807, 2.05) is 0 Å². The molecule has 0 radical (unpaired) electrons. The van der Waals surface area contributed by atoms with Gasteiger partial charge in [-0.2, -0.15) is 0 Å². The highest BCUT2D eigenvalue weighted by molar-refractivity contribution is 6.01. The minimum atomic E-state index is -0.375. The van der Waals surface area contributed by atoms with Crippen LogP contribution < -0.4 is 9.64 Å². The van der Waals surface area contributed by atoms with Crippen molar-refractivity contribution in [1.82, 2.24) is 9.80 Å². The molecule has 134 valence electrons. The van der Waals surface area contributed by atoms with Crippen LogP contribution >= 0.6 is 0 Å². The van der Waals surface area contributed by atoms with Crippen molar-refractivity contribution in [1.29, 1.82) is 0 Å². The van der Waals surface area contributed by atoms with Crippen molar-refractivity contribution in [2.45, 2.75) is 6.42 Å². The predicted molar refractivity (Wildman–Crippen MR) is 89.8 cm³/mol. The van der Waals surface area contributed by atoms with Gasteiger partial charge in [0.2, 0.25) is 0 Å². The Morgan fingerprint density at radius 2 is 1.84 bits per heavy atom. The molecule has 2 aliphatic heterocycles. The fourth-order valence-electron chi connectivity index (χ4n) is 3.02. The Morgan fingerprint density at radius 3 is 2.60 bits per heavy atom. The lowest BCUT2D eigenvalue weighted by Gasteiger charge is -2.27. The lowest BCUT2D eigenvalue weighted by molar-refractivity contribution is -0.120. The molecule has 0 spiro atoms. The molecule has 3 amide bonds. The standard InChI is InChI=1S/C17H21N3O5/c1-18-13-10-12(4-5-14(13)25-11-15(18)21)16(22)19-6-3-7-20(9-8-19)17(23)24-2/h4-5,10H,3,6-9,11H2,1-2H3. The lowest BCUT2D eigenvalue weighted by Crippen LogP contribution is -2.38. The number of nitrogens with zero attached hydrogens (tertiary/aromatic N) is 3. The molecule has 2 aliphatic rings. The van der Waals surface area contributed by atoms with Gasteiger partial charge in [0, 0.05) is 38.8 Å². The summed E-state index contributed by atoms with van der Waals surface area (Å²) in [6, 6.07) is 5.09. The number of carbonyl (C=O) groups excluding carboxylic acids is 3. The summed E-state index contributed by atoms with van der Waals surface area (Å²) in [6.07, 6.45) is 0.313. The van der Waals surface area contributed by atoms with E-state index in [-0.39, 0.29) is 24.5 Å². The number of benzene rings is 1. The summed E-state index contributed by atoms with van der Waals surface area (Å²) >= 11 is 0. The second kappa shape index (κ2) is 7.00. The Morgan fingerprint density at radius 1 is 1.12 bits per heavy atom. The van der Waals surface area contributed by atoms with Crippen LogP contribution in [0.4, 0.5) is 10.5 Å². The number of fused-ring (bicyclic) bond motifs is 1. The van der Waals surface area contributed by atoms with Crippen LogP contribution in [0.5, 0.6) is 5.75 Å². The summed E-state index contributed by atoms with van der Waals surface area (Å²) < 4.78 is 10.1. The number of amides is 3. The topological polar surface area (TPSA) is 79.4 Å². The number of carbonyl (C=O) groups is 3. The molecule has 0 N–H and O–H groups in total. The maximum Gasteiger partial charge on any atom is 0.409 e. The van der Waals surface area contributed by atoms with E-state index in [2.05, 4.69) is 0 Å². The minimum absolute atomic E-state index is 0.00623. The third-order valence-electron chi connectivity index (χ3n) is 4.51. The van der Waals surface area contributed by atoms with Crippen molar-refractivity contribution in [3.8, 4) is 5.75 Å². The van der Waals surface area contributed by atoms with Crippen molar-refractivity contribution in [3.63, 3.8) is 0 Å². The van der Waals surface area contributed by atoms with Gasteiger partial charge in [-0.15, -0.1) is 0 Å². The van der Waals surface area contributed by atoms with Crippen LogP contribution in [0, 0.1) is 0 Å². The van der Waals surface area contributed by atoms with E-state index in [9.17, 15) is 14.4 Å². The second-order valence-corrected chi connectivity index (χ2v) is 6.03. The van der Waals surface area contributed by atoms with Crippen LogP contribution in [0.1, 0.15) is 16.8 Å². The first kappa shape index (κ1) is 17.1. The summed E-state index contributed by atoms with van der Waals surface area (Å²) in [5.74, 6) is 0.313. The normalized spacial score (nSPS) is 17.5. The highest BCUT2D eigenvalue weighted by atomic mass is 16.5. The SMILES string of the molecule is COC(=O)N1CCCN(C(=O)c2ccc3c(c2)N(C)C(=O)CO3)CC1. The van der Waals surface area contributed by atoms with Gasteiger partial charge in [0.1, 0.15) is 5.75 Å². The molecule has 0 aliphatic carbocycles. The molecule has 1 aromatic carbocycles. The Balaban J connectivity index is 1.75. The van der Waals surface area contributed by atoms with Gasteiger partial charge < -0.3 is 24.2 Å². The van der Waals surface area contributed by atoms with Crippen molar-refractivity contribution in [2.24, 2.45) is 0 Å². The predicted octanol–water partition coefficient (Wildman–Crippen LogP) is 0.956. The average molecular weight is 347 g/mol. The summed E-state index contributed by atoms with van der Waals surface area (Å²) in [5.41, 5.74) is 1.09. The van der Waals surface area contributed by atoms with Gasteiger partial charge in [0.25, 0.3) is 11.8 Å². The fourth-order valence-corrected chi connectivity index (χ4v) is 3.02.